The van der Waals surface area contributed by atoms with Crippen molar-refractivity contribution in [2.24, 2.45) is 0 Å². The van der Waals surface area contributed by atoms with Crippen molar-refractivity contribution in [3.05, 3.63) is 23.4 Å². The number of carbonyl (C=O) groups is 1. The van der Waals surface area contributed by atoms with Crippen molar-refractivity contribution in [2.45, 2.75) is 31.8 Å². The summed E-state index contributed by atoms with van der Waals surface area (Å²) in [6, 6.07) is 3.39. The monoisotopic (exact) mass is 254 g/mol. The summed E-state index contributed by atoms with van der Waals surface area (Å²) in [4.78, 5) is 15.6. The van der Waals surface area contributed by atoms with Crippen LogP contribution in [-0.4, -0.2) is 23.6 Å². The second kappa shape index (κ2) is 5.98. The molecule has 0 spiro atoms. The van der Waals surface area contributed by atoms with Gasteiger partial charge < -0.3 is 10.1 Å². The van der Waals surface area contributed by atoms with Gasteiger partial charge in [-0.15, -0.1) is 0 Å². The number of carbonyl (C=O) groups excluding carboxylic acids is 1. The van der Waals surface area contributed by atoms with Gasteiger partial charge in [0.2, 0.25) is 5.91 Å². The standard InChI is InChI=1S/C12H15ClN2O2/c13-9-3-5-11(14-8-9)15-12(16)6-4-10-2-1-7-17-10/h3,5,8,10H,1-2,4,6-7H2,(H,14,15,16). The Hall–Kier alpha value is -1.13. The highest BCUT2D eigenvalue weighted by Gasteiger charge is 2.16. The van der Waals surface area contributed by atoms with Crippen LogP contribution in [0.5, 0.6) is 0 Å². The molecule has 5 heteroatoms. The van der Waals surface area contributed by atoms with Crippen LogP contribution in [0.4, 0.5) is 5.82 Å². The van der Waals surface area contributed by atoms with Gasteiger partial charge in [0.25, 0.3) is 0 Å². The van der Waals surface area contributed by atoms with E-state index in [0.29, 0.717) is 17.3 Å². The van der Waals surface area contributed by atoms with Crippen LogP contribution in [0.25, 0.3) is 0 Å². The first-order chi connectivity index (χ1) is 8.24. The third kappa shape index (κ3) is 3.98. The van der Waals surface area contributed by atoms with Gasteiger partial charge in [-0.25, -0.2) is 4.98 Å². The topological polar surface area (TPSA) is 51.2 Å². The molecule has 1 N–H and O–H groups in total. The van der Waals surface area contributed by atoms with Crippen molar-refractivity contribution in [3.63, 3.8) is 0 Å². The van der Waals surface area contributed by atoms with Crippen LogP contribution < -0.4 is 5.32 Å². The van der Waals surface area contributed by atoms with Gasteiger partial charge >= 0.3 is 0 Å². The van der Waals surface area contributed by atoms with Gasteiger partial charge in [0.05, 0.1) is 11.1 Å². The first-order valence-electron chi connectivity index (χ1n) is 5.77. The van der Waals surface area contributed by atoms with Gasteiger partial charge in [0, 0.05) is 19.2 Å². The number of rotatable bonds is 4. The molecular weight excluding hydrogens is 240 g/mol. The lowest BCUT2D eigenvalue weighted by Gasteiger charge is -2.08. The minimum atomic E-state index is -0.0321. The summed E-state index contributed by atoms with van der Waals surface area (Å²) in [5, 5.41) is 3.29. The van der Waals surface area contributed by atoms with E-state index in [1.807, 2.05) is 0 Å². The molecule has 1 aromatic rings. The summed E-state index contributed by atoms with van der Waals surface area (Å²) in [6.07, 6.45) is 5.17. The van der Waals surface area contributed by atoms with Crippen LogP contribution in [0, 0.1) is 0 Å². The highest BCUT2D eigenvalue weighted by atomic mass is 35.5. The average molecular weight is 255 g/mol. The van der Waals surface area contributed by atoms with E-state index in [9.17, 15) is 4.79 Å². The fourth-order valence-corrected chi connectivity index (χ4v) is 1.93. The number of aromatic nitrogens is 1. The Kier molecular flexibility index (Phi) is 4.34. The van der Waals surface area contributed by atoms with Gasteiger partial charge in [-0.2, -0.15) is 0 Å². The Bertz CT molecular complexity index is 375. The van der Waals surface area contributed by atoms with Crippen LogP contribution in [0.3, 0.4) is 0 Å². The Labute approximate surface area is 105 Å². The maximum Gasteiger partial charge on any atom is 0.225 e. The number of hydrogen-bond donors (Lipinski definition) is 1. The molecule has 92 valence electrons. The summed E-state index contributed by atoms with van der Waals surface area (Å²) < 4.78 is 5.46. The fourth-order valence-electron chi connectivity index (χ4n) is 1.82. The molecule has 0 aliphatic carbocycles. The van der Waals surface area contributed by atoms with Crippen molar-refractivity contribution in [1.82, 2.24) is 4.98 Å². The minimum absolute atomic E-state index is 0.0321. The van der Waals surface area contributed by atoms with E-state index >= 15 is 0 Å². The predicted molar refractivity (Wildman–Crippen MR) is 66.1 cm³/mol. The number of nitrogens with one attached hydrogen (secondary N) is 1. The largest absolute Gasteiger partial charge is 0.378 e. The molecule has 0 aromatic carbocycles. The second-order valence-electron chi connectivity index (χ2n) is 4.08. The highest BCUT2D eigenvalue weighted by Crippen LogP contribution is 2.17. The molecule has 0 saturated carbocycles. The molecule has 0 bridgehead atoms. The number of hydrogen-bond acceptors (Lipinski definition) is 3. The van der Waals surface area contributed by atoms with Gasteiger partial charge in [-0.1, -0.05) is 11.6 Å². The van der Waals surface area contributed by atoms with Crippen LogP contribution in [0.1, 0.15) is 25.7 Å². The van der Waals surface area contributed by atoms with Crippen LogP contribution >= 0.6 is 11.6 Å². The zero-order valence-corrected chi connectivity index (χ0v) is 10.2. The second-order valence-corrected chi connectivity index (χ2v) is 4.52. The third-order valence-electron chi connectivity index (χ3n) is 2.71. The van der Waals surface area contributed by atoms with Crippen LogP contribution in [-0.2, 0) is 9.53 Å². The Morgan fingerprint density at radius 2 is 2.47 bits per heavy atom. The third-order valence-corrected chi connectivity index (χ3v) is 2.94. The molecule has 1 atom stereocenters. The number of amides is 1. The average Bonchev–Trinajstić information content (AvgIpc) is 2.83. The van der Waals surface area contributed by atoms with Crippen molar-refractivity contribution in [2.75, 3.05) is 11.9 Å². The van der Waals surface area contributed by atoms with Crippen molar-refractivity contribution in [1.29, 1.82) is 0 Å². The zero-order valence-electron chi connectivity index (χ0n) is 9.49. The highest BCUT2D eigenvalue weighted by molar-refractivity contribution is 6.30. The predicted octanol–water partition coefficient (Wildman–Crippen LogP) is 2.63. The molecule has 2 heterocycles. The lowest BCUT2D eigenvalue weighted by Crippen LogP contribution is -2.15. The molecule has 1 aliphatic heterocycles. The molecule has 1 amide bonds. The van der Waals surface area contributed by atoms with Gasteiger partial charge in [-0.3, -0.25) is 4.79 Å². The first-order valence-corrected chi connectivity index (χ1v) is 6.15. The smallest absolute Gasteiger partial charge is 0.225 e. The van der Waals surface area contributed by atoms with Crippen molar-refractivity contribution < 1.29 is 9.53 Å². The molecule has 1 unspecified atom stereocenters. The van der Waals surface area contributed by atoms with Gasteiger partial charge in [0.15, 0.2) is 0 Å². The molecular formula is C12H15ClN2O2. The van der Waals surface area contributed by atoms with E-state index in [0.717, 1.165) is 25.9 Å². The maximum absolute atomic E-state index is 11.6. The van der Waals surface area contributed by atoms with E-state index in [-0.39, 0.29) is 12.0 Å². The van der Waals surface area contributed by atoms with Crippen molar-refractivity contribution >= 4 is 23.3 Å². The first kappa shape index (κ1) is 12.3. The van der Waals surface area contributed by atoms with E-state index in [1.165, 1.54) is 6.20 Å². The quantitative estimate of drug-likeness (QED) is 0.899. The Morgan fingerprint density at radius 1 is 1.59 bits per heavy atom. The molecule has 4 nitrogen and oxygen atoms in total. The van der Waals surface area contributed by atoms with Crippen molar-refractivity contribution in [3.8, 4) is 0 Å². The molecule has 2 rings (SSSR count). The Balaban J connectivity index is 1.74. The number of halogens is 1. The minimum Gasteiger partial charge on any atom is -0.378 e. The Morgan fingerprint density at radius 3 is 3.12 bits per heavy atom. The normalized spacial score (nSPS) is 19.2. The van der Waals surface area contributed by atoms with E-state index in [4.69, 9.17) is 16.3 Å². The summed E-state index contributed by atoms with van der Waals surface area (Å²) in [7, 11) is 0. The SMILES string of the molecule is O=C(CCC1CCCO1)Nc1ccc(Cl)cn1. The zero-order chi connectivity index (χ0) is 12.1. The summed E-state index contributed by atoms with van der Waals surface area (Å²) in [6.45, 7) is 0.824. The van der Waals surface area contributed by atoms with Crippen LogP contribution in [0.15, 0.2) is 18.3 Å². The number of nitrogens with zero attached hydrogens (tertiary/aromatic N) is 1. The van der Waals surface area contributed by atoms with E-state index in [2.05, 4.69) is 10.3 Å². The lowest BCUT2D eigenvalue weighted by atomic mass is 10.1. The summed E-state index contributed by atoms with van der Waals surface area (Å²) in [5.41, 5.74) is 0. The van der Waals surface area contributed by atoms with E-state index < -0.39 is 0 Å². The van der Waals surface area contributed by atoms with Crippen LogP contribution in [0.2, 0.25) is 5.02 Å². The molecule has 1 fully saturated rings. The number of anilines is 1. The van der Waals surface area contributed by atoms with Gasteiger partial charge in [0.1, 0.15) is 5.82 Å². The fraction of sp³-hybridized carbons (Fsp3) is 0.500. The lowest BCUT2D eigenvalue weighted by molar-refractivity contribution is -0.116. The number of ether oxygens (including phenoxy) is 1. The molecule has 17 heavy (non-hydrogen) atoms. The van der Waals surface area contributed by atoms with E-state index in [1.54, 1.807) is 12.1 Å². The molecule has 1 saturated heterocycles. The molecule has 1 aromatic heterocycles. The van der Waals surface area contributed by atoms with Gasteiger partial charge in [-0.05, 0) is 31.4 Å². The molecule has 1 aliphatic rings. The molecule has 0 radical (unpaired) electrons. The summed E-state index contributed by atoms with van der Waals surface area (Å²) >= 11 is 5.70. The maximum atomic E-state index is 11.6. The summed E-state index contributed by atoms with van der Waals surface area (Å²) in [5.74, 6) is 0.502. The number of pyridine rings is 1.